The summed E-state index contributed by atoms with van der Waals surface area (Å²) in [4.78, 5) is 30.1. The fourth-order valence-corrected chi connectivity index (χ4v) is 5.39. The Bertz CT molecular complexity index is 1340. The van der Waals surface area contributed by atoms with E-state index in [0.717, 1.165) is 60.6 Å². The fourth-order valence-electron chi connectivity index (χ4n) is 5.39. The Morgan fingerprint density at radius 2 is 1.97 bits per heavy atom. The summed E-state index contributed by atoms with van der Waals surface area (Å²) in [6.45, 7) is 7.05. The minimum Gasteiger partial charge on any atom is -0.459 e. The molecule has 0 aliphatic carbocycles. The number of fused-ring (bicyclic) bond motifs is 1. The first kappa shape index (κ1) is 27.5. The third-order valence-corrected chi connectivity index (χ3v) is 7.65. The summed E-state index contributed by atoms with van der Waals surface area (Å²) in [6, 6.07) is 7.10. The van der Waals surface area contributed by atoms with Crippen LogP contribution in [0.3, 0.4) is 0 Å². The summed E-state index contributed by atoms with van der Waals surface area (Å²) in [7, 11) is 1.76. The number of aliphatic hydroxyl groups is 1. The number of carbonyl (C=O) groups excluding carboxylic acids is 1. The molecule has 5 rings (SSSR count). The van der Waals surface area contributed by atoms with E-state index in [1.807, 2.05) is 31.3 Å². The number of ether oxygens (including phenoxy) is 3. The van der Waals surface area contributed by atoms with E-state index in [4.69, 9.17) is 19.2 Å². The normalized spacial score (nSPS) is 19.8. The Morgan fingerprint density at radius 1 is 1.21 bits per heavy atom. The van der Waals surface area contributed by atoms with Crippen molar-refractivity contribution in [3.63, 3.8) is 0 Å². The highest BCUT2D eigenvalue weighted by atomic mass is 16.6. The van der Waals surface area contributed by atoms with E-state index >= 15 is 0 Å². The van der Waals surface area contributed by atoms with Gasteiger partial charge in [0.25, 0.3) is 5.56 Å². The number of hydrogen-bond donors (Lipinski definition) is 2. The molecule has 2 N–H and O–H groups in total. The van der Waals surface area contributed by atoms with Crippen LogP contribution in [0.4, 0.5) is 0 Å². The van der Waals surface area contributed by atoms with Crippen LogP contribution in [0, 0.1) is 12.8 Å². The van der Waals surface area contributed by atoms with Gasteiger partial charge in [-0.15, -0.1) is 0 Å². The summed E-state index contributed by atoms with van der Waals surface area (Å²) < 4.78 is 20.3. The van der Waals surface area contributed by atoms with Crippen molar-refractivity contribution in [3.8, 4) is 11.4 Å². The average Bonchev–Trinajstić information content (AvgIpc) is 3.55. The summed E-state index contributed by atoms with van der Waals surface area (Å²) >= 11 is 0. The van der Waals surface area contributed by atoms with Crippen molar-refractivity contribution in [3.05, 3.63) is 51.9 Å². The molecule has 2 saturated heterocycles. The second kappa shape index (κ2) is 12.0. The molecule has 0 bridgehead atoms. The van der Waals surface area contributed by atoms with E-state index in [9.17, 15) is 14.7 Å². The van der Waals surface area contributed by atoms with Gasteiger partial charge in [0.2, 0.25) is 0 Å². The van der Waals surface area contributed by atoms with Crippen LogP contribution in [0.2, 0.25) is 0 Å². The molecule has 10 heteroatoms. The maximum Gasteiger partial charge on any atom is 0.326 e. The molecule has 2 aliphatic rings. The standard InChI is InChI=1S/C29H38N4O6/c1-18-12-22(16-32(3)28(18)35)27-31-24-5-4-21(13-25(24)33(27)15-20-6-9-37-10-7-20)14-30-26(19(2)34)29(36)39-23-8-11-38-17-23/h4-5,12-13,16,19-20,23,26,30,34H,6-11,14-15,17H2,1-3H3/t19-,23+,26+/m1/s1. The van der Waals surface area contributed by atoms with Crippen LogP contribution in [-0.2, 0) is 39.1 Å². The minimum absolute atomic E-state index is 0.0224. The van der Waals surface area contributed by atoms with E-state index < -0.39 is 18.1 Å². The van der Waals surface area contributed by atoms with Gasteiger partial charge in [0, 0.05) is 57.1 Å². The zero-order valence-corrected chi connectivity index (χ0v) is 22.9. The molecular formula is C29H38N4O6. The summed E-state index contributed by atoms with van der Waals surface area (Å²) in [5, 5.41) is 13.5. The van der Waals surface area contributed by atoms with Crippen LogP contribution in [0.1, 0.15) is 37.3 Å². The SMILES string of the molecule is Cc1cc(-c2nc3ccc(CN[C@H](C(=O)O[C@H]4CCOC4)[C@@H](C)O)cc3n2CC2CCOCC2)cn(C)c1=O. The van der Waals surface area contributed by atoms with Crippen LogP contribution in [0.25, 0.3) is 22.4 Å². The first-order valence-electron chi connectivity index (χ1n) is 13.7. The number of esters is 1. The topological polar surface area (TPSA) is 117 Å². The van der Waals surface area contributed by atoms with E-state index in [1.165, 1.54) is 0 Å². The number of imidazole rings is 1. The second-order valence-electron chi connectivity index (χ2n) is 10.8. The monoisotopic (exact) mass is 538 g/mol. The average molecular weight is 539 g/mol. The number of aromatic nitrogens is 3. The molecule has 0 unspecified atom stereocenters. The third-order valence-electron chi connectivity index (χ3n) is 7.65. The van der Waals surface area contributed by atoms with Crippen LogP contribution in [0.15, 0.2) is 35.3 Å². The van der Waals surface area contributed by atoms with Crippen LogP contribution >= 0.6 is 0 Å². The van der Waals surface area contributed by atoms with Gasteiger partial charge in [-0.3, -0.25) is 14.9 Å². The molecule has 4 heterocycles. The Kier molecular flexibility index (Phi) is 8.46. The van der Waals surface area contributed by atoms with Gasteiger partial charge < -0.3 is 28.5 Å². The zero-order valence-electron chi connectivity index (χ0n) is 22.9. The van der Waals surface area contributed by atoms with Crippen molar-refractivity contribution in [1.82, 2.24) is 19.4 Å². The molecule has 0 spiro atoms. The van der Waals surface area contributed by atoms with E-state index in [2.05, 4.69) is 16.0 Å². The van der Waals surface area contributed by atoms with E-state index in [1.54, 1.807) is 18.5 Å². The third kappa shape index (κ3) is 6.24. The number of nitrogens with zero attached hydrogens (tertiary/aromatic N) is 3. The molecule has 2 fully saturated rings. The molecule has 210 valence electrons. The molecule has 2 aliphatic heterocycles. The summed E-state index contributed by atoms with van der Waals surface area (Å²) in [5.41, 5.74) is 4.35. The van der Waals surface area contributed by atoms with Crippen LogP contribution in [0.5, 0.6) is 0 Å². The number of aliphatic hydroxyl groups excluding tert-OH is 1. The molecule has 10 nitrogen and oxygen atoms in total. The fraction of sp³-hybridized carbons (Fsp3) is 0.552. The number of benzene rings is 1. The second-order valence-corrected chi connectivity index (χ2v) is 10.8. The van der Waals surface area contributed by atoms with Crippen LogP contribution < -0.4 is 10.9 Å². The van der Waals surface area contributed by atoms with Gasteiger partial charge in [-0.25, -0.2) is 4.98 Å². The lowest BCUT2D eigenvalue weighted by Gasteiger charge is -2.24. The van der Waals surface area contributed by atoms with Crippen LogP contribution in [-0.4, -0.2) is 69.9 Å². The molecule has 39 heavy (non-hydrogen) atoms. The van der Waals surface area contributed by atoms with Gasteiger partial charge in [-0.1, -0.05) is 6.07 Å². The molecule has 0 saturated carbocycles. The highest BCUT2D eigenvalue weighted by Gasteiger charge is 2.29. The number of aryl methyl sites for hydroxylation is 2. The molecule has 1 aromatic carbocycles. The molecule has 3 aromatic rings. The number of pyridine rings is 1. The summed E-state index contributed by atoms with van der Waals surface area (Å²) in [5.74, 6) is 0.808. The van der Waals surface area contributed by atoms with Gasteiger partial charge in [0.15, 0.2) is 0 Å². The lowest BCUT2D eigenvalue weighted by atomic mass is 10.00. The minimum atomic E-state index is -0.915. The molecule has 0 radical (unpaired) electrons. The van der Waals surface area contributed by atoms with Crippen molar-refractivity contribution in [2.45, 2.75) is 64.4 Å². The number of hydrogen-bond acceptors (Lipinski definition) is 8. The molecule has 2 aromatic heterocycles. The van der Waals surface area contributed by atoms with E-state index in [-0.39, 0.29) is 11.7 Å². The maximum absolute atomic E-state index is 12.7. The first-order chi connectivity index (χ1) is 18.8. The van der Waals surface area contributed by atoms with Gasteiger partial charge in [-0.2, -0.15) is 0 Å². The predicted molar refractivity (Wildman–Crippen MR) is 146 cm³/mol. The molecular weight excluding hydrogens is 500 g/mol. The number of nitrogens with one attached hydrogen (secondary N) is 1. The van der Waals surface area contributed by atoms with Gasteiger partial charge >= 0.3 is 5.97 Å². The predicted octanol–water partition coefficient (Wildman–Crippen LogP) is 2.31. The highest BCUT2D eigenvalue weighted by molar-refractivity contribution is 5.81. The summed E-state index contributed by atoms with van der Waals surface area (Å²) in [6.07, 6.45) is 3.29. The molecule has 0 amide bonds. The van der Waals surface area contributed by atoms with Crippen molar-refractivity contribution in [2.75, 3.05) is 26.4 Å². The Balaban J connectivity index is 1.43. The smallest absolute Gasteiger partial charge is 0.326 e. The van der Waals surface area contributed by atoms with Crippen molar-refractivity contribution in [1.29, 1.82) is 0 Å². The molecule has 3 atom stereocenters. The first-order valence-corrected chi connectivity index (χ1v) is 13.7. The largest absolute Gasteiger partial charge is 0.459 e. The Morgan fingerprint density at radius 3 is 2.67 bits per heavy atom. The van der Waals surface area contributed by atoms with Gasteiger partial charge in [0.05, 0.1) is 30.4 Å². The van der Waals surface area contributed by atoms with Crippen molar-refractivity contribution < 1.29 is 24.1 Å². The lowest BCUT2D eigenvalue weighted by molar-refractivity contribution is -0.154. The quantitative estimate of drug-likeness (QED) is 0.399. The highest BCUT2D eigenvalue weighted by Crippen LogP contribution is 2.29. The number of carbonyl (C=O) groups is 1. The zero-order chi connectivity index (χ0) is 27.5. The van der Waals surface area contributed by atoms with Gasteiger partial charge in [0.1, 0.15) is 18.0 Å². The van der Waals surface area contributed by atoms with E-state index in [0.29, 0.717) is 37.7 Å². The van der Waals surface area contributed by atoms with Crippen molar-refractivity contribution >= 4 is 17.0 Å². The van der Waals surface area contributed by atoms with Gasteiger partial charge in [-0.05, 0) is 56.4 Å². The lowest BCUT2D eigenvalue weighted by Crippen LogP contribution is -2.46. The number of rotatable bonds is 9. The Hall–Kier alpha value is -3.05. The van der Waals surface area contributed by atoms with Crippen molar-refractivity contribution in [2.24, 2.45) is 13.0 Å². The Labute approximate surface area is 227 Å². The maximum atomic E-state index is 12.7.